The van der Waals surface area contributed by atoms with Gasteiger partial charge in [-0.3, -0.25) is 19.2 Å². The van der Waals surface area contributed by atoms with E-state index >= 15 is 0 Å². The van der Waals surface area contributed by atoms with E-state index < -0.39 is 41.9 Å². The van der Waals surface area contributed by atoms with E-state index in [2.05, 4.69) is 21.3 Å². The first kappa shape index (κ1) is 35.1. The highest BCUT2D eigenvalue weighted by molar-refractivity contribution is 5.95. The molecule has 0 saturated carbocycles. The minimum Gasteiger partial charge on any atom is -0.343 e. The lowest BCUT2D eigenvalue weighted by Crippen LogP contribution is -2.69. The molecule has 0 radical (unpaired) electrons. The van der Waals surface area contributed by atoms with Crippen LogP contribution in [0, 0.1) is 5.92 Å². The van der Waals surface area contributed by atoms with Gasteiger partial charge in [0.1, 0.15) is 18.1 Å². The van der Waals surface area contributed by atoms with Crippen LogP contribution in [0.5, 0.6) is 0 Å². The minimum absolute atomic E-state index is 0.0733. The standard InChI is InChI=1S/C35H51N7O4/c1-23(2)17-30(33(44)39-29(15-9-10-16-36)35(46)42-21-26-20-27(22-42)38-26)41-34(45)31(19-25-13-7-4-8-14-25)40-32(43)28(37)18-24-11-5-3-6-12-24/h3-8,11-14,23,26-31,38H,9-10,15-22,36-37H2,1-2H3,(H,39,44)(H,40,43)(H,41,45). The minimum atomic E-state index is -0.964. The van der Waals surface area contributed by atoms with Gasteiger partial charge in [-0.25, -0.2) is 0 Å². The van der Waals surface area contributed by atoms with Gasteiger partial charge >= 0.3 is 0 Å². The molecule has 6 unspecified atom stereocenters. The Bertz CT molecular complexity index is 1280. The van der Waals surface area contributed by atoms with Crippen LogP contribution in [0.15, 0.2) is 60.7 Å². The second-order valence-corrected chi connectivity index (χ2v) is 13.1. The molecule has 3 fully saturated rings. The molecule has 46 heavy (non-hydrogen) atoms. The van der Waals surface area contributed by atoms with E-state index in [1.807, 2.05) is 79.4 Å². The smallest absolute Gasteiger partial charge is 0.245 e. The summed E-state index contributed by atoms with van der Waals surface area (Å²) in [4.78, 5) is 56.3. The van der Waals surface area contributed by atoms with E-state index in [0.29, 0.717) is 57.4 Å². The first-order valence-electron chi connectivity index (χ1n) is 16.6. The molecular weight excluding hydrogens is 582 g/mol. The highest BCUT2D eigenvalue weighted by atomic mass is 16.2. The average Bonchev–Trinajstić information content (AvgIpc) is 3.03. The normalized spacial score (nSPS) is 19.7. The molecule has 3 aliphatic heterocycles. The molecule has 4 amide bonds. The fraction of sp³-hybridized carbons (Fsp3) is 0.543. The number of carbonyl (C=O) groups excluding carboxylic acids is 4. The largest absolute Gasteiger partial charge is 0.343 e. The monoisotopic (exact) mass is 633 g/mol. The van der Waals surface area contributed by atoms with Crippen LogP contribution < -0.4 is 32.7 Å². The van der Waals surface area contributed by atoms with Crippen LogP contribution in [0.2, 0.25) is 0 Å². The lowest BCUT2D eigenvalue weighted by Gasteiger charge is -2.49. The van der Waals surface area contributed by atoms with Gasteiger partial charge in [-0.1, -0.05) is 74.5 Å². The second-order valence-electron chi connectivity index (χ2n) is 13.1. The van der Waals surface area contributed by atoms with Gasteiger partial charge in [0.25, 0.3) is 0 Å². The second kappa shape index (κ2) is 17.2. The third kappa shape index (κ3) is 10.4. The highest BCUT2D eigenvalue weighted by Gasteiger charge is 2.40. The molecule has 11 heteroatoms. The number of piperazine rings is 1. The summed E-state index contributed by atoms with van der Waals surface area (Å²) in [7, 11) is 0. The predicted octanol–water partition coefficient (Wildman–Crippen LogP) is 1.00. The molecule has 0 spiro atoms. The van der Waals surface area contributed by atoms with Crippen LogP contribution in [0.3, 0.4) is 0 Å². The molecule has 0 aliphatic carbocycles. The van der Waals surface area contributed by atoms with Gasteiger partial charge in [0.15, 0.2) is 0 Å². The van der Waals surface area contributed by atoms with Crippen molar-refractivity contribution in [3.63, 3.8) is 0 Å². The number of nitrogens with two attached hydrogens (primary N) is 2. The molecule has 6 atom stereocenters. The first-order chi connectivity index (χ1) is 22.1. The molecule has 3 saturated heterocycles. The Morgan fingerprint density at radius 2 is 1.30 bits per heavy atom. The number of carbonyl (C=O) groups is 4. The van der Waals surface area contributed by atoms with E-state index in [1.54, 1.807) is 0 Å². The van der Waals surface area contributed by atoms with Crippen LogP contribution in [0.4, 0.5) is 0 Å². The average molecular weight is 634 g/mol. The maximum absolute atomic E-state index is 13.8. The summed E-state index contributed by atoms with van der Waals surface area (Å²) in [6.07, 6.45) is 3.87. The molecule has 11 nitrogen and oxygen atoms in total. The van der Waals surface area contributed by atoms with Gasteiger partial charge < -0.3 is 37.6 Å². The van der Waals surface area contributed by atoms with Crippen LogP contribution >= 0.6 is 0 Å². The van der Waals surface area contributed by atoms with Gasteiger partial charge in [-0.05, 0) is 62.1 Å². The summed E-state index contributed by atoms with van der Waals surface area (Å²) < 4.78 is 0. The number of rotatable bonds is 17. The van der Waals surface area contributed by atoms with Gasteiger partial charge in [-0.15, -0.1) is 0 Å². The van der Waals surface area contributed by atoms with Gasteiger partial charge in [0.05, 0.1) is 6.04 Å². The number of piperidine rings is 1. The van der Waals surface area contributed by atoms with Gasteiger partial charge in [0.2, 0.25) is 23.6 Å². The Balaban J connectivity index is 1.46. The summed E-state index contributed by atoms with van der Waals surface area (Å²) in [5.41, 5.74) is 13.7. The number of unbranched alkanes of at least 4 members (excludes halogenated alkanes) is 1. The maximum Gasteiger partial charge on any atom is 0.245 e. The van der Waals surface area contributed by atoms with Gasteiger partial charge in [0, 0.05) is 31.6 Å². The number of nitrogens with one attached hydrogen (secondary N) is 4. The molecule has 2 aromatic rings. The molecular formula is C35H51N7O4. The van der Waals surface area contributed by atoms with Crippen molar-refractivity contribution in [2.24, 2.45) is 17.4 Å². The number of fused-ring (bicyclic) bond motifs is 2. The Kier molecular flexibility index (Phi) is 13.1. The lowest BCUT2D eigenvalue weighted by atomic mass is 9.90. The van der Waals surface area contributed by atoms with Crippen molar-refractivity contribution in [2.45, 2.75) is 95.0 Å². The summed E-state index contributed by atoms with van der Waals surface area (Å²) in [6, 6.07) is 16.0. The van der Waals surface area contributed by atoms with Crippen molar-refractivity contribution >= 4 is 23.6 Å². The van der Waals surface area contributed by atoms with Crippen molar-refractivity contribution < 1.29 is 19.2 Å². The topological polar surface area (TPSA) is 172 Å². The SMILES string of the molecule is CC(C)CC(NC(=O)C(Cc1ccccc1)NC(=O)C(N)Cc1ccccc1)C(=O)NC(CCCCN)C(=O)N1CC2CC(C1)N2. The fourth-order valence-electron chi connectivity index (χ4n) is 6.21. The number of hydrogen-bond acceptors (Lipinski definition) is 7. The molecule has 2 aromatic carbocycles. The van der Waals surface area contributed by atoms with Crippen LogP contribution in [-0.2, 0) is 32.0 Å². The van der Waals surface area contributed by atoms with Crippen molar-refractivity contribution in [3.05, 3.63) is 71.8 Å². The van der Waals surface area contributed by atoms with Crippen molar-refractivity contribution in [1.29, 1.82) is 0 Å². The van der Waals surface area contributed by atoms with Crippen molar-refractivity contribution in [1.82, 2.24) is 26.2 Å². The summed E-state index contributed by atoms with van der Waals surface area (Å²) in [6.45, 7) is 5.68. The summed E-state index contributed by atoms with van der Waals surface area (Å²) >= 11 is 0. The maximum atomic E-state index is 13.8. The lowest BCUT2D eigenvalue weighted by molar-refractivity contribution is -0.141. The molecule has 8 N–H and O–H groups in total. The number of nitrogens with zero attached hydrogens (tertiary/aromatic N) is 1. The molecule has 2 bridgehead atoms. The van der Waals surface area contributed by atoms with E-state index in [1.165, 1.54) is 0 Å². The Hall–Kier alpha value is -3.80. The van der Waals surface area contributed by atoms with Crippen molar-refractivity contribution in [3.8, 4) is 0 Å². The van der Waals surface area contributed by atoms with Crippen LogP contribution in [-0.4, -0.2) is 84.4 Å². The third-order valence-corrected chi connectivity index (χ3v) is 8.69. The highest BCUT2D eigenvalue weighted by Crippen LogP contribution is 2.22. The van der Waals surface area contributed by atoms with Gasteiger partial charge in [-0.2, -0.15) is 0 Å². The zero-order valence-corrected chi connectivity index (χ0v) is 27.1. The van der Waals surface area contributed by atoms with E-state index in [-0.39, 0.29) is 18.2 Å². The van der Waals surface area contributed by atoms with Crippen LogP contribution in [0.1, 0.15) is 57.1 Å². The van der Waals surface area contributed by atoms with E-state index in [0.717, 1.165) is 24.0 Å². The zero-order chi connectivity index (χ0) is 33.1. The first-order valence-corrected chi connectivity index (χ1v) is 16.6. The molecule has 5 rings (SSSR count). The predicted molar refractivity (Wildman–Crippen MR) is 178 cm³/mol. The zero-order valence-electron chi connectivity index (χ0n) is 27.1. The fourth-order valence-corrected chi connectivity index (χ4v) is 6.21. The number of benzene rings is 2. The summed E-state index contributed by atoms with van der Waals surface area (Å²) in [5, 5.41) is 12.2. The third-order valence-electron chi connectivity index (χ3n) is 8.69. The number of amides is 4. The molecule has 250 valence electrons. The Morgan fingerprint density at radius 3 is 1.87 bits per heavy atom. The quantitative estimate of drug-likeness (QED) is 0.141. The van der Waals surface area contributed by atoms with E-state index in [9.17, 15) is 19.2 Å². The molecule has 3 heterocycles. The summed E-state index contributed by atoms with van der Waals surface area (Å²) in [5.74, 6) is -1.39. The number of hydrogen-bond donors (Lipinski definition) is 6. The van der Waals surface area contributed by atoms with E-state index in [4.69, 9.17) is 11.5 Å². The van der Waals surface area contributed by atoms with Crippen molar-refractivity contribution in [2.75, 3.05) is 19.6 Å². The molecule has 3 aliphatic rings. The molecule has 0 aromatic heterocycles. The Morgan fingerprint density at radius 1 is 0.783 bits per heavy atom. The van der Waals surface area contributed by atoms with Crippen LogP contribution in [0.25, 0.3) is 0 Å². The Labute approximate surface area is 272 Å².